The molecule has 4 rings (SSSR count). The van der Waals surface area contributed by atoms with Crippen LogP contribution < -0.4 is 48.0 Å². The summed E-state index contributed by atoms with van der Waals surface area (Å²) in [4.78, 5) is 0. The first kappa shape index (κ1) is 28.1. The third-order valence-electron chi connectivity index (χ3n) is 7.77. The van der Waals surface area contributed by atoms with Crippen LogP contribution in [0.2, 0.25) is 0 Å². The highest BCUT2D eigenvalue weighted by atomic mass is 127. The van der Waals surface area contributed by atoms with Crippen molar-refractivity contribution in [2.75, 3.05) is 39.3 Å². The topological polar surface area (TPSA) is 0 Å². The number of halogens is 2. The number of nitrogens with zero attached hydrogens (tertiary/aromatic N) is 2. The van der Waals surface area contributed by atoms with E-state index >= 15 is 0 Å². The maximum Gasteiger partial charge on any atom is 0.104 e. The summed E-state index contributed by atoms with van der Waals surface area (Å²) in [7, 11) is 0. The maximum absolute atomic E-state index is 2.34. The van der Waals surface area contributed by atoms with Crippen LogP contribution in [0.5, 0.6) is 0 Å². The van der Waals surface area contributed by atoms with Gasteiger partial charge in [-0.3, -0.25) is 0 Å². The Morgan fingerprint density at radius 1 is 0.469 bits per heavy atom. The molecule has 178 valence electrons. The number of rotatable bonds is 9. The Kier molecular flexibility index (Phi) is 12.5. The van der Waals surface area contributed by atoms with E-state index in [1.165, 1.54) is 124 Å². The van der Waals surface area contributed by atoms with E-state index in [1.54, 1.807) is 0 Å². The lowest BCUT2D eigenvalue weighted by molar-refractivity contribution is -0.951. The van der Waals surface area contributed by atoms with Crippen molar-refractivity contribution in [3.63, 3.8) is 0 Å². The van der Waals surface area contributed by atoms with Crippen molar-refractivity contribution in [3.8, 4) is 0 Å². The first-order valence-corrected chi connectivity index (χ1v) is 12.6. The SMILES string of the molecule is [I-].[I-].c1ccc(C[N+]2(CCCC[N+]3(Cc4ccccc4)CCCCC3)CCCCC2)cc1. The molecule has 2 nitrogen and oxygen atoms in total. The van der Waals surface area contributed by atoms with Crippen molar-refractivity contribution in [3.05, 3.63) is 71.8 Å². The Labute approximate surface area is 231 Å². The summed E-state index contributed by atoms with van der Waals surface area (Å²) >= 11 is 0. The lowest BCUT2D eigenvalue weighted by Crippen LogP contribution is -3.00. The molecule has 0 spiro atoms. The van der Waals surface area contributed by atoms with Gasteiger partial charge in [-0.25, -0.2) is 0 Å². The van der Waals surface area contributed by atoms with E-state index in [4.69, 9.17) is 0 Å². The van der Waals surface area contributed by atoms with E-state index < -0.39 is 0 Å². The van der Waals surface area contributed by atoms with E-state index in [0.29, 0.717) is 0 Å². The van der Waals surface area contributed by atoms with Crippen LogP contribution in [0.3, 0.4) is 0 Å². The van der Waals surface area contributed by atoms with Crippen molar-refractivity contribution < 1.29 is 56.9 Å². The van der Waals surface area contributed by atoms with E-state index in [-0.39, 0.29) is 48.0 Å². The molecule has 0 N–H and O–H groups in total. The van der Waals surface area contributed by atoms with Gasteiger partial charge in [-0.15, -0.1) is 0 Å². The predicted molar refractivity (Wildman–Crippen MR) is 127 cm³/mol. The van der Waals surface area contributed by atoms with Crippen molar-refractivity contribution in [2.24, 2.45) is 0 Å². The highest BCUT2D eigenvalue weighted by Gasteiger charge is 2.32. The number of hydrogen-bond acceptors (Lipinski definition) is 0. The quantitative estimate of drug-likeness (QED) is 0.205. The first-order valence-electron chi connectivity index (χ1n) is 12.6. The molecular weight excluding hydrogens is 618 g/mol. The molecule has 0 amide bonds. The summed E-state index contributed by atoms with van der Waals surface area (Å²) in [5, 5.41) is 0. The Balaban J connectivity index is 0.00000181. The van der Waals surface area contributed by atoms with Gasteiger partial charge in [0.1, 0.15) is 13.1 Å². The third kappa shape index (κ3) is 8.24. The zero-order valence-electron chi connectivity index (χ0n) is 19.7. The average molecular weight is 660 g/mol. The molecule has 0 unspecified atom stereocenters. The minimum Gasteiger partial charge on any atom is -1.00 e. The predicted octanol–water partition coefficient (Wildman–Crippen LogP) is 0.176. The molecule has 2 fully saturated rings. The van der Waals surface area contributed by atoms with Crippen LogP contribution in [-0.4, -0.2) is 48.2 Å². The molecule has 2 aliphatic rings. The smallest absolute Gasteiger partial charge is 0.104 e. The molecule has 2 heterocycles. The second-order valence-corrected chi connectivity index (χ2v) is 10.1. The van der Waals surface area contributed by atoms with Crippen LogP contribution in [0, 0.1) is 0 Å². The summed E-state index contributed by atoms with van der Waals surface area (Å²) in [6, 6.07) is 22.5. The van der Waals surface area contributed by atoms with Crippen LogP contribution >= 0.6 is 0 Å². The van der Waals surface area contributed by atoms with E-state index in [0.717, 1.165) is 0 Å². The van der Waals surface area contributed by atoms with Crippen LogP contribution in [-0.2, 0) is 13.1 Å². The van der Waals surface area contributed by atoms with E-state index in [1.807, 2.05) is 0 Å². The molecule has 2 aromatic rings. The largest absolute Gasteiger partial charge is 1.00 e. The number of likely N-dealkylation sites (tertiary alicyclic amines) is 2. The van der Waals surface area contributed by atoms with Gasteiger partial charge in [-0.05, 0) is 38.5 Å². The van der Waals surface area contributed by atoms with E-state index in [2.05, 4.69) is 60.7 Å². The fourth-order valence-corrected chi connectivity index (χ4v) is 6.12. The van der Waals surface area contributed by atoms with Crippen molar-refractivity contribution in [1.29, 1.82) is 0 Å². The van der Waals surface area contributed by atoms with Crippen molar-refractivity contribution >= 4 is 0 Å². The van der Waals surface area contributed by atoms with Crippen molar-refractivity contribution in [1.82, 2.24) is 0 Å². The van der Waals surface area contributed by atoms with Gasteiger partial charge in [-0.2, -0.15) is 0 Å². The van der Waals surface area contributed by atoms with Gasteiger partial charge >= 0.3 is 0 Å². The molecule has 0 radical (unpaired) electrons. The molecule has 0 aliphatic carbocycles. The molecule has 2 saturated heterocycles. The third-order valence-corrected chi connectivity index (χ3v) is 7.77. The fourth-order valence-electron chi connectivity index (χ4n) is 6.12. The molecule has 0 aromatic heterocycles. The van der Waals surface area contributed by atoms with Crippen LogP contribution in [0.1, 0.15) is 62.5 Å². The molecular formula is C28H42I2N2. The molecule has 4 heteroatoms. The Morgan fingerprint density at radius 3 is 1.16 bits per heavy atom. The van der Waals surface area contributed by atoms with Gasteiger partial charge in [0.05, 0.1) is 39.3 Å². The second-order valence-electron chi connectivity index (χ2n) is 10.1. The number of piperidine rings is 2. The van der Waals surface area contributed by atoms with Gasteiger partial charge in [-0.1, -0.05) is 60.7 Å². The maximum atomic E-state index is 2.34. The minimum atomic E-state index is 0. The summed E-state index contributed by atoms with van der Waals surface area (Å²) in [6.45, 7) is 10.8. The van der Waals surface area contributed by atoms with Crippen LogP contribution in [0.25, 0.3) is 0 Å². The minimum absolute atomic E-state index is 0. The summed E-state index contributed by atoms with van der Waals surface area (Å²) in [5.74, 6) is 0. The number of quaternary nitrogens is 2. The number of unbranched alkanes of at least 4 members (excludes halogenated alkanes) is 1. The molecule has 32 heavy (non-hydrogen) atoms. The van der Waals surface area contributed by atoms with Crippen molar-refractivity contribution in [2.45, 2.75) is 64.5 Å². The Morgan fingerprint density at radius 2 is 0.812 bits per heavy atom. The average Bonchev–Trinajstić information content (AvgIpc) is 2.80. The zero-order chi connectivity index (χ0) is 20.5. The molecule has 2 aliphatic heterocycles. The standard InChI is InChI=1S/C28H42N2.2HI/c1-5-15-27(16-6-1)25-29(19-9-3-10-20-29)23-13-14-24-30(21-11-4-12-22-30)26-28-17-7-2-8-18-28;;/h1-2,5-8,15-18H,3-4,9-14,19-26H2;2*1H/q+2;;/p-2. The monoisotopic (exact) mass is 660 g/mol. The summed E-state index contributed by atoms with van der Waals surface area (Å²) < 4.78 is 2.67. The highest BCUT2D eigenvalue weighted by Crippen LogP contribution is 2.26. The first-order chi connectivity index (χ1) is 14.8. The van der Waals surface area contributed by atoms with Crippen LogP contribution in [0.4, 0.5) is 0 Å². The lowest BCUT2D eigenvalue weighted by Gasteiger charge is -2.43. The fraction of sp³-hybridized carbons (Fsp3) is 0.571. The Hall–Kier alpha value is -0.180. The van der Waals surface area contributed by atoms with Gasteiger partial charge in [0.25, 0.3) is 0 Å². The number of benzene rings is 2. The summed E-state index contributed by atoms with van der Waals surface area (Å²) in [5.41, 5.74) is 3.06. The zero-order valence-corrected chi connectivity index (χ0v) is 24.1. The van der Waals surface area contributed by atoms with Gasteiger partial charge in [0.2, 0.25) is 0 Å². The van der Waals surface area contributed by atoms with E-state index in [9.17, 15) is 0 Å². The van der Waals surface area contributed by atoms with Gasteiger partial charge in [0.15, 0.2) is 0 Å². The molecule has 2 aromatic carbocycles. The van der Waals surface area contributed by atoms with Gasteiger partial charge < -0.3 is 56.9 Å². The lowest BCUT2D eigenvalue weighted by atomic mass is 10.0. The Bertz CT molecular complexity index is 673. The second kappa shape index (κ2) is 14.3. The van der Waals surface area contributed by atoms with Crippen LogP contribution in [0.15, 0.2) is 60.7 Å². The van der Waals surface area contributed by atoms with Gasteiger partial charge in [0, 0.05) is 24.0 Å². The summed E-state index contributed by atoms with van der Waals surface area (Å²) in [6.07, 6.45) is 11.3. The molecule has 0 bridgehead atoms. The molecule has 0 atom stereocenters. The number of hydrogen-bond donors (Lipinski definition) is 0. The molecule has 0 saturated carbocycles. The highest BCUT2D eigenvalue weighted by molar-refractivity contribution is 5.14. The normalized spacial score (nSPS) is 19.4.